The van der Waals surface area contributed by atoms with Crippen molar-refractivity contribution in [2.24, 2.45) is 0 Å². The molecule has 0 bridgehead atoms. The Labute approximate surface area is 118 Å². The van der Waals surface area contributed by atoms with Crippen LogP contribution in [0.1, 0.15) is 12.2 Å². The van der Waals surface area contributed by atoms with Crippen LogP contribution in [0.15, 0.2) is 16.9 Å². The average Bonchev–Trinajstić information content (AvgIpc) is 2.67. The Morgan fingerprint density at radius 3 is 2.80 bits per heavy atom. The number of nitrogens with zero attached hydrogens (tertiary/aromatic N) is 3. The maximum absolute atomic E-state index is 13.8. The minimum absolute atomic E-state index is 0.155. The van der Waals surface area contributed by atoms with Gasteiger partial charge in [0.15, 0.2) is 5.82 Å². The van der Waals surface area contributed by atoms with E-state index in [1.807, 2.05) is 0 Å². The molecule has 0 aliphatic rings. The molecule has 108 valence electrons. The van der Waals surface area contributed by atoms with Crippen LogP contribution < -0.4 is 5.69 Å². The van der Waals surface area contributed by atoms with Crippen LogP contribution in [0.3, 0.4) is 0 Å². The molecule has 8 heteroatoms. The smallest absolute Gasteiger partial charge is 0.350 e. The second-order valence-electron chi connectivity index (χ2n) is 4.19. The van der Waals surface area contributed by atoms with Gasteiger partial charge in [0.2, 0.25) is 0 Å². The van der Waals surface area contributed by atoms with Gasteiger partial charge >= 0.3 is 5.69 Å². The molecule has 0 aliphatic heterocycles. The van der Waals surface area contributed by atoms with Gasteiger partial charge in [-0.1, -0.05) is 11.6 Å². The van der Waals surface area contributed by atoms with Gasteiger partial charge in [-0.3, -0.25) is 8.96 Å². The van der Waals surface area contributed by atoms with E-state index >= 15 is 0 Å². The molecule has 1 aromatic heterocycles. The van der Waals surface area contributed by atoms with E-state index in [9.17, 15) is 18.7 Å². The molecule has 0 unspecified atom stereocenters. The summed E-state index contributed by atoms with van der Waals surface area (Å²) in [6.07, 6.45) is 0.167. The first-order chi connectivity index (χ1) is 9.45. The van der Waals surface area contributed by atoms with E-state index in [1.54, 1.807) is 6.92 Å². The molecule has 5 nitrogen and oxygen atoms in total. The van der Waals surface area contributed by atoms with Crippen LogP contribution in [0.4, 0.5) is 8.78 Å². The fourth-order valence-electron chi connectivity index (χ4n) is 1.82. The van der Waals surface area contributed by atoms with Crippen molar-refractivity contribution < 1.29 is 13.9 Å². The molecule has 0 aliphatic carbocycles. The minimum atomic E-state index is -0.787. The second-order valence-corrected chi connectivity index (χ2v) is 4.60. The molecule has 0 radical (unpaired) electrons. The van der Waals surface area contributed by atoms with Crippen LogP contribution in [0.25, 0.3) is 5.69 Å². The molecule has 1 heterocycles. The third kappa shape index (κ3) is 2.53. The molecule has 2 rings (SSSR count). The molecule has 0 amide bonds. The number of aryl methyl sites for hydroxylation is 1. The third-order valence-electron chi connectivity index (χ3n) is 2.81. The van der Waals surface area contributed by atoms with Gasteiger partial charge in [0.1, 0.15) is 17.3 Å². The predicted molar refractivity (Wildman–Crippen MR) is 69.8 cm³/mol. The molecule has 20 heavy (non-hydrogen) atoms. The number of phenols is 1. The summed E-state index contributed by atoms with van der Waals surface area (Å²) in [5.41, 5.74) is -0.810. The minimum Gasteiger partial charge on any atom is -0.506 e. The van der Waals surface area contributed by atoms with Gasteiger partial charge in [0, 0.05) is 12.6 Å². The number of aromatic hydroxyl groups is 1. The molecule has 1 N–H and O–H groups in total. The van der Waals surface area contributed by atoms with E-state index in [4.69, 9.17) is 11.6 Å². The lowest BCUT2D eigenvalue weighted by molar-refractivity contribution is 0.441. The summed E-state index contributed by atoms with van der Waals surface area (Å²) < 4.78 is 28.1. The highest BCUT2D eigenvalue weighted by atomic mass is 35.5. The zero-order chi connectivity index (χ0) is 14.9. The van der Waals surface area contributed by atoms with Crippen LogP contribution >= 0.6 is 11.6 Å². The van der Waals surface area contributed by atoms with Gasteiger partial charge in [-0.2, -0.15) is 9.78 Å². The van der Waals surface area contributed by atoms with Gasteiger partial charge in [-0.05, 0) is 19.4 Å². The van der Waals surface area contributed by atoms with Crippen LogP contribution in [0.2, 0.25) is 5.02 Å². The van der Waals surface area contributed by atoms with Crippen molar-refractivity contribution >= 4 is 11.6 Å². The van der Waals surface area contributed by atoms with E-state index in [0.717, 1.165) is 16.8 Å². The summed E-state index contributed by atoms with van der Waals surface area (Å²) in [7, 11) is 0. The molecule has 0 saturated carbocycles. The monoisotopic (exact) mass is 303 g/mol. The number of alkyl halides is 1. The largest absolute Gasteiger partial charge is 0.506 e. The van der Waals surface area contributed by atoms with Crippen LogP contribution in [0.5, 0.6) is 5.75 Å². The zero-order valence-electron chi connectivity index (χ0n) is 10.6. The molecule has 1 aromatic carbocycles. The number of benzene rings is 1. The lowest BCUT2D eigenvalue weighted by Gasteiger charge is -2.04. The summed E-state index contributed by atoms with van der Waals surface area (Å²) in [6, 6.07) is 1.92. The summed E-state index contributed by atoms with van der Waals surface area (Å²) in [5, 5.41) is 13.3. The lowest BCUT2D eigenvalue weighted by Crippen LogP contribution is -2.25. The molecule has 0 atom stereocenters. The molecule has 0 fully saturated rings. The Hall–Kier alpha value is -1.89. The van der Waals surface area contributed by atoms with Gasteiger partial charge in [-0.25, -0.2) is 9.18 Å². The van der Waals surface area contributed by atoms with E-state index in [-0.39, 0.29) is 29.4 Å². The molecular weight excluding hydrogens is 292 g/mol. The number of halogens is 3. The van der Waals surface area contributed by atoms with Crippen molar-refractivity contribution in [2.45, 2.75) is 19.9 Å². The Kier molecular flexibility index (Phi) is 4.08. The van der Waals surface area contributed by atoms with Gasteiger partial charge in [-0.15, -0.1) is 0 Å². The topological polar surface area (TPSA) is 60.0 Å². The Balaban J connectivity index is 2.54. The van der Waals surface area contributed by atoms with Crippen molar-refractivity contribution in [3.63, 3.8) is 0 Å². The second kappa shape index (κ2) is 5.62. The lowest BCUT2D eigenvalue weighted by atomic mass is 10.3. The molecule has 2 aromatic rings. The van der Waals surface area contributed by atoms with Crippen molar-refractivity contribution in [1.29, 1.82) is 0 Å². The standard InChI is InChI=1S/C12H12ClF2N3O2/c1-7-16-18(12(20)17(7)4-2-3-14)10-6-11(19)8(13)5-9(10)15/h5-6,19H,2-4H2,1H3. The highest BCUT2D eigenvalue weighted by Crippen LogP contribution is 2.27. The number of phenolic OH excluding ortho intramolecular Hbond substituents is 1. The van der Waals surface area contributed by atoms with E-state index in [1.165, 1.54) is 4.57 Å². The zero-order valence-corrected chi connectivity index (χ0v) is 11.4. The summed E-state index contributed by atoms with van der Waals surface area (Å²) in [6.45, 7) is 1.15. The first-order valence-corrected chi connectivity index (χ1v) is 6.24. The SMILES string of the molecule is Cc1nn(-c2cc(O)c(Cl)cc2F)c(=O)n1CCCF. The van der Waals surface area contributed by atoms with Crippen molar-refractivity contribution in [3.05, 3.63) is 39.3 Å². The normalized spacial score (nSPS) is 11.0. The Morgan fingerprint density at radius 1 is 1.45 bits per heavy atom. The van der Waals surface area contributed by atoms with E-state index in [2.05, 4.69) is 5.10 Å². The number of hydrogen-bond donors (Lipinski definition) is 1. The Bertz CT molecular complexity index is 697. The van der Waals surface area contributed by atoms with Crippen molar-refractivity contribution in [2.75, 3.05) is 6.67 Å². The average molecular weight is 304 g/mol. The summed E-state index contributed by atoms with van der Waals surface area (Å²) in [5.74, 6) is -0.812. The van der Waals surface area contributed by atoms with Crippen molar-refractivity contribution in [1.82, 2.24) is 14.3 Å². The number of aromatic nitrogens is 3. The summed E-state index contributed by atoms with van der Waals surface area (Å²) in [4.78, 5) is 12.1. The van der Waals surface area contributed by atoms with Crippen molar-refractivity contribution in [3.8, 4) is 11.4 Å². The highest BCUT2D eigenvalue weighted by Gasteiger charge is 2.16. The highest BCUT2D eigenvalue weighted by molar-refractivity contribution is 6.32. The van der Waals surface area contributed by atoms with Crippen LogP contribution in [-0.4, -0.2) is 26.1 Å². The van der Waals surface area contributed by atoms with Gasteiger partial charge in [0.05, 0.1) is 11.7 Å². The predicted octanol–water partition coefficient (Wildman–Crippen LogP) is 2.20. The maximum Gasteiger partial charge on any atom is 0.350 e. The first kappa shape index (κ1) is 14.5. The summed E-state index contributed by atoms with van der Waals surface area (Å²) >= 11 is 5.57. The maximum atomic E-state index is 13.8. The van der Waals surface area contributed by atoms with Crippen LogP contribution in [-0.2, 0) is 6.54 Å². The fourth-order valence-corrected chi connectivity index (χ4v) is 1.97. The first-order valence-electron chi connectivity index (χ1n) is 5.86. The number of hydrogen-bond acceptors (Lipinski definition) is 3. The van der Waals surface area contributed by atoms with E-state index in [0.29, 0.717) is 5.82 Å². The van der Waals surface area contributed by atoms with Gasteiger partial charge in [0.25, 0.3) is 0 Å². The number of rotatable bonds is 4. The van der Waals surface area contributed by atoms with Crippen LogP contribution in [0, 0.1) is 12.7 Å². The van der Waals surface area contributed by atoms with Gasteiger partial charge < -0.3 is 5.11 Å². The quantitative estimate of drug-likeness (QED) is 0.942. The Morgan fingerprint density at radius 2 is 2.15 bits per heavy atom. The molecular formula is C12H12ClF2N3O2. The third-order valence-corrected chi connectivity index (χ3v) is 3.11. The molecule has 0 saturated heterocycles. The van der Waals surface area contributed by atoms with E-state index < -0.39 is 18.2 Å². The molecule has 0 spiro atoms. The fraction of sp³-hybridized carbons (Fsp3) is 0.333.